The van der Waals surface area contributed by atoms with Crippen molar-refractivity contribution in [3.63, 3.8) is 0 Å². The van der Waals surface area contributed by atoms with Gasteiger partial charge in [-0.05, 0) is 6.07 Å². The maximum absolute atomic E-state index is 13.4. The summed E-state index contributed by atoms with van der Waals surface area (Å²) in [6, 6.07) is 3.29. The van der Waals surface area contributed by atoms with Crippen molar-refractivity contribution < 1.29 is 9.31 Å². The van der Waals surface area contributed by atoms with E-state index in [2.05, 4.69) is 10.2 Å². The van der Waals surface area contributed by atoms with Gasteiger partial charge in [-0.25, -0.2) is 4.39 Å². The van der Waals surface area contributed by atoms with E-state index in [9.17, 15) is 14.5 Å². The molecule has 0 atom stereocenters. The lowest BCUT2D eigenvalue weighted by Crippen LogP contribution is -2.02. The summed E-state index contributed by atoms with van der Waals surface area (Å²) in [5, 5.41) is 17.8. The molecule has 0 amide bonds. The second kappa shape index (κ2) is 3.45. The van der Waals surface area contributed by atoms with E-state index >= 15 is 0 Å². The third-order valence-electron chi connectivity index (χ3n) is 1.78. The molecule has 0 fully saturated rings. The summed E-state index contributed by atoms with van der Waals surface area (Å²) in [5.41, 5.74) is -0.228. The van der Waals surface area contributed by atoms with E-state index in [0.29, 0.717) is 0 Å². The lowest BCUT2D eigenvalue weighted by Gasteiger charge is -2.00. The normalized spacial score (nSPS) is 10.2. The van der Waals surface area contributed by atoms with Crippen LogP contribution in [0.3, 0.4) is 0 Å². The molecule has 7 heteroatoms. The lowest BCUT2D eigenvalue weighted by atomic mass is 10.3. The molecule has 0 saturated carbocycles. The zero-order valence-electron chi connectivity index (χ0n) is 7.37. The van der Waals surface area contributed by atoms with E-state index in [1.807, 2.05) is 0 Å². The fraction of sp³-hybridized carbons (Fsp3) is 0. The van der Waals surface area contributed by atoms with Crippen molar-refractivity contribution in [1.82, 2.24) is 15.0 Å². The average Bonchev–Trinajstić information content (AvgIpc) is 2.70. The second-order valence-electron chi connectivity index (χ2n) is 2.71. The molecule has 0 aliphatic carbocycles. The highest BCUT2D eigenvalue weighted by atomic mass is 19.1. The molecule has 15 heavy (non-hydrogen) atoms. The molecule has 0 spiro atoms. The summed E-state index contributed by atoms with van der Waals surface area (Å²) in [7, 11) is 0. The Morgan fingerprint density at radius 3 is 2.53 bits per heavy atom. The summed E-state index contributed by atoms with van der Waals surface area (Å²) in [4.78, 5) is 10.7. The molecule has 0 aliphatic heterocycles. The molecular formula is C8H5FN4O2. The molecule has 1 aromatic heterocycles. The first kappa shape index (κ1) is 9.25. The molecule has 0 N–H and O–H groups in total. The number of hydrogen-bond acceptors (Lipinski definition) is 4. The van der Waals surface area contributed by atoms with Gasteiger partial charge in [0.2, 0.25) is 0 Å². The quantitative estimate of drug-likeness (QED) is 0.551. The fourth-order valence-electron chi connectivity index (χ4n) is 1.11. The molecule has 2 aromatic rings. The van der Waals surface area contributed by atoms with E-state index < -0.39 is 10.7 Å². The number of aromatic nitrogens is 3. The first-order valence-electron chi connectivity index (χ1n) is 3.99. The van der Waals surface area contributed by atoms with Gasteiger partial charge in [0.1, 0.15) is 5.69 Å². The zero-order chi connectivity index (χ0) is 10.8. The fourth-order valence-corrected chi connectivity index (χ4v) is 1.11. The molecule has 0 radical (unpaired) electrons. The van der Waals surface area contributed by atoms with E-state index in [4.69, 9.17) is 0 Å². The predicted molar refractivity (Wildman–Crippen MR) is 48.0 cm³/mol. The predicted octanol–water partition coefficient (Wildman–Crippen LogP) is 1.31. The van der Waals surface area contributed by atoms with Gasteiger partial charge in [-0.3, -0.25) is 10.1 Å². The third kappa shape index (κ3) is 1.66. The monoisotopic (exact) mass is 208 g/mol. The molecule has 6 nitrogen and oxygen atoms in total. The molecule has 0 bridgehead atoms. The maximum atomic E-state index is 13.4. The highest BCUT2D eigenvalue weighted by Gasteiger charge is 2.12. The Hall–Kier alpha value is -2.31. The summed E-state index contributed by atoms with van der Waals surface area (Å²) in [5.74, 6) is -0.736. The molecule has 2 rings (SSSR count). The van der Waals surface area contributed by atoms with Crippen molar-refractivity contribution in [2.75, 3.05) is 0 Å². The minimum atomic E-state index is -0.736. The van der Waals surface area contributed by atoms with Gasteiger partial charge in [0, 0.05) is 6.07 Å². The van der Waals surface area contributed by atoms with E-state index in [0.717, 1.165) is 10.9 Å². The largest absolute Gasteiger partial charge is 0.272 e. The molecule has 0 unspecified atom stereocenters. The first-order valence-corrected chi connectivity index (χ1v) is 3.99. The standard InChI is InChI=1S/C8H5FN4O2/c9-7-5-6(13(14)15)1-2-8(7)12-10-3-4-11-12/h1-5H. The SMILES string of the molecule is O=[N+]([O-])c1ccc(-n2nccn2)c(F)c1. The van der Waals surface area contributed by atoms with E-state index in [1.165, 1.54) is 24.5 Å². The van der Waals surface area contributed by atoms with E-state index in [1.54, 1.807) is 0 Å². The first-order chi connectivity index (χ1) is 7.18. The van der Waals surface area contributed by atoms with Crippen LogP contribution in [-0.4, -0.2) is 19.9 Å². The topological polar surface area (TPSA) is 73.8 Å². The number of benzene rings is 1. The van der Waals surface area contributed by atoms with Crippen molar-refractivity contribution in [3.8, 4) is 5.69 Å². The molecule has 76 valence electrons. The van der Waals surface area contributed by atoms with Crippen LogP contribution in [0.4, 0.5) is 10.1 Å². The van der Waals surface area contributed by atoms with Crippen molar-refractivity contribution in [2.24, 2.45) is 0 Å². The molecule has 0 aliphatic rings. The van der Waals surface area contributed by atoms with Gasteiger partial charge in [0.25, 0.3) is 5.69 Å². The Bertz CT molecular complexity index is 497. The third-order valence-corrected chi connectivity index (χ3v) is 1.78. The lowest BCUT2D eigenvalue weighted by molar-refractivity contribution is -0.385. The Labute approximate surface area is 83.1 Å². The molecule has 1 aromatic carbocycles. The van der Waals surface area contributed by atoms with Gasteiger partial charge < -0.3 is 0 Å². The number of rotatable bonds is 2. The molecule has 0 saturated heterocycles. The highest BCUT2D eigenvalue weighted by molar-refractivity contribution is 5.41. The zero-order valence-corrected chi connectivity index (χ0v) is 7.37. The highest BCUT2D eigenvalue weighted by Crippen LogP contribution is 2.18. The average molecular weight is 208 g/mol. The van der Waals surface area contributed by atoms with Crippen molar-refractivity contribution in [3.05, 3.63) is 46.5 Å². The van der Waals surface area contributed by atoms with Crippen LogP contribution in [0.15, 0.2) is 30.6 Å². The van der Waals surface area contributed by atoms with Crippen LogP contribution in [0, 0.1) is 15.9 Å². The number of nitro benzene ring substituents is 1. The number of non-ortho nitro benzene ring substituents is 1. The Morgan fingerprint density at radius 1 is 1.33 bits per heavy atom. The minimum Gasteiger partial charge on any atom is -0.258 e. The number of hydrogen-bond donors (Lipinski definition) is 0. The van der Waals surface area contributed by atoms with Crippen LogP contribution in [0.2, 0.25) is 0 Å². The van der Waals surface area contributed by atoms with Gasteiger partial charge >= 0.3 is 0 Å². The Balaban J connectivity index is 2.48. The van der Waals surface area contributed by atoms with Crippen molar-refractivity contribution in [2.45, 2.75) is 0 Å². The molecular weight excluding hydrogens is 203 g/mol. The van der Waals surface area contributed by atoms with Gasteiger partial charge in [0.05, 0.1) is 23.4 Å². The maximum Gasteiger partial charge on any atom is 0.272 e. The van der Waals surface area contributed by atoms with Crippen LogP contribution in [0.1, 0.15) is 0 Å². The summed E-state index contributed by atoms with van der Waals surface area (Å²) in [6.45, 7) is 0. The number of halogens is 1. The van der Waals surface area contributed by atoms with Crippen molar-refractivity contribution in [1.29, 1.82) is 0 Å². The van der Waals surface area contributed by atoms with Gasteiger partial charge in [0.15, 0.2) is 5.82 Å². The van der Waals surface area contributed by atoms with Crippen LogP contribution in [0.5, 0.6) is 0 Å². The van der Waals surface area contributed by atoms with Crippen LogP contribution in [-0.2, 0) is 0 Å². The number of nitrogens with zero attached hydrogens (tertiary/aromatic N) is 4. The Morgan fingerprint density at radius 2 is 2.00 bits per heavy atom. The Kier molecular flexibility index (Phi) is 2.13. The van der Waals surface area contributed by atoms with Gasteiger partial charge in [-0.2, -0.15) is 10.2 Å². The van der Waals surface area contributed by atoms with Crippen molar-refractivity contribution >= 4 is 5.69 Å². The smallest absolute Gasteiger partial charge is 0.258 e. The van der Waals surface area contributed by atoms with E-state index in [-0.39, 0.29) is 11.4 Å². The van der Waals surface area contributed by atoms with Crippen LogP contribution < -0.4 is 0 Å². The summed E-state index contributed by atoms with van der Waals surface area (Å²) in [6.07, 6.45) is 2.78. The number of nitro groups is 1. The minimum absolute atomic E-state index is 0.0746. The van der Waals surface area contributed by atoms with Gasteiger partial charge in [-0.1, -0.05) is 0 Å². The second-order valence-corrected chi connectivity index (χ2v) is 2.71. The summed E-state index contributed by atoms with van der Waals surface area (Å²) < 4.78 is 13.4. The van der Waals surface area contributed by atoms with Crippen LogP contribution in [0.25, 0.3) is 5.69 Å². The summed E-state index contributed by atoms with van der Waals surface area (Å²) >= 11 is 0. The van der Waals surface area contributed by atoms with Crippen LogP contribution >= 0.6 is 0 Å². The molecule has 1 heterocycles. The van der Waals surface area contributed by atoms with Gasteiger partial charge in [-0.15, -0.1) is 4.80 Å².